The lowest BCUT2D eigenvalue weighted by molar-refractivity contribution is -0.123. The van der Waals surface area contributed by atoms with Crippen molar-refractivity contribution in [1.29, 1.82) is 0 Å². The van der Waals surface area contributed by atoms with E-state index < -0.39 is 0 Å². The molecule has 0 radical (unpaired) electrons. The molecule has 2 atom stereocenters. The Morgan fingerprint density at radius 1 is 1.29 bits per heavy atom. The number of rotatable bonds is 3. The van der Waals surface area contributed by atoms with Crippen molar-refractivity contribution in [3.05, 3.63) is 0 Å². The second kappa shape index (κ2) is 3.93. The fourth-order valence-corrected chi connectivity index (χ4v) is 3.64. The Labute approximate surface area is 105 Å². The number of hydrogen-bond acceptors (Lipinski definition) is 2. The van der Waals surface area contributed by atoms with Gasteiger partial charge in [0.2, 0.25) is 0 Å². The molecule has 0 amide bonds. The Balaban J connectivity index is 2.38. The molecule has 17 heavy (non-hydrogen) atoms. The highest BCUT2D eigenvalue weighted by molar-refractivity contribution is 6.45. The molecule has 96 valence electrons. The average molecular weight is 235 g/mol. The van der Waals surface area contributed by atoms with E-state index in [1.54, 1.807) is 0 Å². The van der Waals surface area contributed by atoms with Gasteiger partial charge < -0.3 is 0 Å². The van der Waals surface area contributed by atoms with Crippen LogP contribution in [0.2, 0.25) is 0 Å². The molecule has 0 N–H and O–H groups in total. The monoisotopic (exact) mass is 235 g/mol. The summed E-state index contributed by atoms with van der Waals surface area (Å²) in [6.45, 7) is 11.0. The zero-order valence-corrected chi connectivity index (χ0v) is 11.8. The minimum atomic E-state index is -0.150. The fourth-order valence-electron chi connectivity index (χ4n) is 3.64. The molecule has 2 aliphatic rings. The second-order valence-corrected chi connectivity index (χ2v) is 6.46. The fraction of sp³-hybridized carbons (Fsp3) is 0.867. The van der Waals surface area contributed by atoms with Crippen LogP contribution in [0.25, 0.3) is 0 Å². The van der Waals surface area contributed by atoms with E-state index in [4.69, 9.17) is 4.99 Å². The summed E-state index contributed by atoms with van der Waals surface area (Å²) in [6, 6.07) is 0.340. The van der Waals surface area contributed by atoms with Crippen LogP contribution in [0.3, 0.4) is 0 Å². The third-order valence-electron chi connectivity index (χ3n) is 5.55. The van der Waals surface area contributed by atoms with Crippen molar-refractivity contribution in [1.82, 2.24) is 0 Å². The van der Waals surface area contributed by atoms with Gasteiger partial charge >= 0.3 is 0 Å². The number of ketones is 1. The largest absolute Gasteiger partial charge is 0.292 e. The molecule has 2 rings (SSSR count). The number of carbonyl (C=O) groups excluding carboxylic acids is 1. The van der Waals surface area contributed by atoms with Gasteiger partial charge in [-0.05, 0) is 31.1 Å². The van der Waals surface area contributed by atoms with Crippen LogP contribution < -0.4 is 0 Å². The van der Waals surface area contributed by atoms with Crippen molar-refractivity contribution in [2.75, 3.05) is 0 Å². The molecular formula is C15H25NO. The summed E-state index contributed by atoms with van der Waals surface area (Å²) in [5.41, 5.74) is 0.870. The number of nitrogens with zero attached hydrogens (tertiary/aromatic N) is 1. The van der Waals surface area contributed by atoms with Crippen LogP contribution in [-0.4, -0.2) is 17.5 Å². The van der Waals surface area contributed by atoms with Crippen molar-refractivity contribution in [2.24, 2.45) is 21.7 Å². The highest BCUT2D eigenvalue weighted by Crippen LogP contribution is 2.62. The summed E-state index contributed by atoms with van der Waals surface area (Å²) in [4.78, 5) is 17.3. The first-order valence-corrected chi connectivity index (χ1v) is 7.01. The lowest BCUT2D eigenvalue weighted by atomic mass is 9.70. The molecule has 0 heterocycles. The molecule has 0 unspecified atom stereocenters. The predicted octanol–water partition coefficient (Wildman–Crippen LogP) is 3.64. The van der Waals surface area contributed by atoms with E-state index in [0.29, 0.717) is 17.7 Å². The molecule has 2 nitrogen and oxygen atoms in total. The first kappa shape index (κ1) is 12.8. The zero-order valence-electron chi connectivity index (χ0n) is 11.8. The van der Waals surface area contributed by atoms with Crippen molar-refractivity contribution in [3.8, 4) is 0 Å². The highest BCUT2D eigenvalue weighted by Gasteiger charge is 2.64. The molecule has 0 aromatic rings. The van der Waals surface area contributed by atoms with Gasteiger partial charge in [0.15, 0.2) is 5.78 Å². The molecule has 0 aliphatic heterocycles. The van der Waals surface area contributed by atoms with E-state index in [9.17, 15) is 4.79 Å². The maximum Gasteiger partial charge on any atom is 0.183 e. The summed E-state index contributed by atoms with van der Waals surface area (Å²) in [5.74, 6) is 0.742. The topological polar surface area (TPSA) is 29.4 Å². The number of aliphatic imine (C=N–C) groups is 1. The van der Waals surface area contributed by atoms with Gasteiger partial charge in [0, 0.05) is 17.4 Å². The third kappa shape index (κ3) is 1.52. The Morgan fingerprint density at radius 2 is 1.88 bits per heavy atom. The van der Waals surface area contributed by atoms with Crippen molar-refractivity contribution in [2.45, 2.75) is 66.3 Å². The van der Waals surface area contributed by atoms with E-state index in [0.717, 1.165) is 31.4 Å². The maximum atomic E-state index is 12.5. The molecule has 0 aromatic heterocycles. The van der Waals surface area contributed by atoms with Crippen LogP contribution in [0.4, 0.5) is 0 Å². The van der Waals surface area contributed by atoms with Gasteiger partial charge in [0.05, 0.1) is 5.71 Å². The molecule has 2 saturated carbocycles. The first-order valence-electron chi connectivity index (χ1n) is 7.01. The lowest BCUT2D eigenvalue weighted by Gasteiger charge is -2.31. The van der Waals surface area contributed by atoms with E-state index in [1.807, 2.05) is 0 Å². The highest BCUT2D eigenvalue weighted by atomic mass is 16.1. The Kier molecular flexibility index (Phi) is 2.95. The van der Waals surface area contributed by atoms with Gasteiger partial charge in [-0.1, -0.05) is 34.6 Å². The van der Waals surface area contributed by atoms with E-state index in [2.05, 4.69) is 34.6 Å². The van der Waals surface area contributed by atoms with Crippen LogP contribution in [0.1, 0.15) is 60.3 Å². The summed E-state index contributed by atoms with van der Waals surface area (Å²) < 4.78 is 0. The van der Waals surface area contributed by atoms with Crippen LogP contribution in [-0.2, 0) is 4.79 Å². The van der Waals surface area contributed by atoms with Crippen LogP contribution in [0.15, 0.2) is 4.99 Å². The van der Waals surface area contributed by atoms with E-state index in [1.165, 1.54) is 0 Å². The maximum absolute atomic E-state index is 12.5. The lowest BCUT2D eigenvalue weighted by Crippen LogP contribution is -2.33. The van der Waals surface area contributed by atoms with Gasteiger partial charge in [-0.2, -0.15) is 0 Å². The number of Topliss-reactive ketones (excluding diaryl/α,β-unsaturated/α-hetero) is 1. The Bertz CT molecular complexity index is 365. The van der Waals surface area contributed by atoms with Crippen molar-refractivity contribution < 1.29 is 4.79 Å². The number of carbonyl (C=O) groups is 1. The summed E-state index contributed by atoms with van der Waals surface area (Å²) in [7, 11) is 0. The SMILES string of the molecule is CCC(CC)N=C1C(=O)[C@]2(C)CC[C@H]1C2(C)C. The van der Waals surface area contributed by atoms with Gasteiger partial charge in [0.25, 0.3) is 0 Å². The van der Waals surface area contributed by atoms with Gasteiger partial charge in [-0.25, -0.2) is 0 Å². The Hall–Kier alpha value is -0.660. The first-order chi connectivity index (χ1) is 7.88. The van der Waals surface area contributed by atoms with Gasteiger partial charge in [-0.15, -0.1) is 0 Å². The summed E-state index contributed by atoms with van der Waals surface area (Å²) in [5, 5.41) is 0. The Morgan fingerprint density at radius 3 is 2.29 bits per heavy atom. The van der Waals surface area contributed by atoms with Crippen LogP contribution >= 0.6 is 0 Å². The predicted molar refractivity (Wildman–Crippen MR) is 71.4 cm³/mol. The number of fused-ring (bicyclic) bond motifs is 2. The normalized spacial score (nSPS) is 37.4. The van der Waals surface area contributed by atoms with E-state index in [-0.39, 0.29) is 10.8 Å². The molecular weight excluding hydrogens is 210 g/mol. The van der Waals surface area contributed by atoms with Crippen molar-refractivity contribution >= 4 is 11.5 Å². The molecule has 2 fully saturated rings. The molecule has 0 aromatic carbocycles. The van der Waals surface area contributed by atoms with Gasteiger partial charge in [0.1, 0.15) is 0 Å². The molecule has 2 heteroatoms. The van der Waals surface area contributed by atoms with Crippen LogP contribution in [0.5, 0.6) is 0 Å². The smallest absolute Gasteiger partial charge is 0.183 e. The number of hydrogen-bond donors (Lipinski definition) is 0. The van der Waals surface area contributed by atoms with Crippen molar-refractivity contribution in [3.63, 3.8) is 0 Å². The standard InChI is InChI=1S/C15H25NO/c1-6-10(7-2)16-12-11-8-9-15(5,13(12)17)14(11,3)4/h10-11H,6-9H2,1-5H3/t11-,15+/m1/s1. The van der Waals surface area contributed by atoms with E-state index >= 15 is 0 Å². The van der Waals surface area contributed by atoms with Crippen LogP contribution in [0, 0.1) is 16.7 Å². The molecule has 0 spiro atoms. The quantitative estimate of drug-likeness (QED) is 0.734. The minimum Gasteiger partial charge on any atom is -0.292 e. The summed E-state index contributed by atoms with van der Waals surface area (Å²) in [6.07, 6.45) is 4.27. The molecule has 0 saturated heterocycles. The average Bonchev–Trinajstić information content (AvgIpc) is 2.59. The second-order valence-electron chi connectivity index (χ2n) is 6.46. The summed E-state index contributed by atoms with van der Waals surface area (Å²) >= 11 is 0. The molecule has 2 aliphatic carbocycles. The van der Waals surface area contributed by atoms with Gasteiger partial charge in [-0.3, -0.25) is 9.79 Å². The minimum absolute atomic E-state index is 0.106. The molecule has 2 bridgehead atoms. The third-order valence-corrected chi connectivity index (χ3v) is 5.55. The zero-order chi connectivity index (χ0) is 12.8.